The molecule has 1 atom stereocenters. The molecule has 36 heavy (non-hydrogen) atoms. The first-order valence-electron chi connectivity index (χ1n) is 12.5. The number of hydrogen-bond donors (Lipinski definition) is 1. The number of rotatable bonds is 9. The minimum absolute atomic E-state index is 0.00616. The molecule has 1 unspecified atom stereocenters. The van der Waals surface area contributed by atoms with Gasteiger partial charge < -0.3 is 19.9 Å². The lowest BCUT2D eigenvalue weighted by Gasteiger charge is -2.29. The van der Waals surface area contributed by atoms with Gasteiger partial charge in [0.15, 0.2) is 0 Å². The first kappa shape index (κ1) is 25.9. The molecule has 0 aliphatic carbocycles. The molecule has 1 aliphatic rings. The molecule has 6 nitrogen and oxygen atoms in total. The summed E-state index contributed by atoms with van der Waals surface area (Å²) < 4.78 is 5.81. The van der Waals surface area contributed by atoms with Crippen LogP contribution in [0.1, 0.15) is 40.0 Å². The molecular weight excluding hydrogens is 470 g/mol. The molecule has 2 aromatic carbocycles. The Morgan fingerprint density at radius 3 is 2.44 bits per heavy atom. The van der Waals surface area contributed by atoms with Crippen LogP contribution in [0, 0.1) is 20.8 Å². The molecule has 7 heteroatoms. The van der Waals surface area contributed by atoms with E-state index in [4.69, 9.17) is 4.74 Å². The smallest absolute Gasteiger partial charge is 0.322 e. The van der Waals surface area contributed by atoms with Crippen molar-refractivity contribution >= 4 is 29.0 Å². The minimum Gasteiger partial charge on any atom is -0.376 e. The van der Waals surface area contributed by atoms with Gasteiger partial charge in [-0.25, -0.2) is 4.79 Å². The first-order chi connectivity index (χ1) is 17.4. The van der Waals surface area contributed by atoms with E-state index < -0.39 is 0 Å². The molecule has 0 bridgehead atoms. The maximum atomic E-state index is 13.7. The lowest BCUT2D eigenvalue weighted by molar-refractivity contribution is -0.133. The Labute approximate surface area is 217 Å². The normalized spacial score (nSPS) is 15.0. The quantitative estimate of drug-likeness (QED) is 0.393. The first-order valence-corrected chi connectivity index (χ1v) is 13.4. The predicted octanol–water partition coefficient (Wildman–Crippen LogP) is 5.92. The zero-order valence-electron chi connectivity index (χ0n) is 21.3. The second-order valence-electron chi connectivity index (χ2n) is 9.51. The highest BCUT2D eigenvalue weighted by molar-refractivity contribution is 7.10. The van der Waals surface area contributed by atoms with Crippen LogP contribution in [0.4, 0.5) is 10.5 Å². The van der Waals surface area contributed by atoms with E-state index in [-0.39, 0.29) is 24.6 Å². The molecule has 1 aliphatic heterocycles. The third-order valence-corrected chi connectivity index (χ3v) is 7.70. The summed E-state index contributed by atoms with van der Waals surface area (Å²) in [6.07, 6.45) is 1.82. The maximum Gasteiger partial charge on any atom is 0.322 e. The van der Waals surface area contributed by atoms with Gasteiger partial charge in [0, 0.05) is 30.3 Å². The second-order valence-corrected chi connectivity index (χ2v) is 10.5. The summed E-state index contributed by atoms with van der Waals surface area (Å²) >= 11 is 1.65. The second kappa shape index (κ2) is 12.2. The Morgan fingerprint density at radius 2 is 1.78 bits per heavy atom. The van der Waals surface area contributed by atoms with Gasteiger partial charge in [-0.3, -0.25) is 4.79 Å². The lowest BCUT2D eigenvalue weighted by Crippen LogP contribution is -2.46. The highest BCUT2D eigenvalue weighted by Crippen LogP contribution is 2.21. The van der Waals surface area contributed by atoms with Gasteiger partial charge in [-0.05, 0) is 79.4 Å². The van der Waals surface area contributed by atoms with Crippen molar-refractivity contribution < 1.29 is 14.3 Å². The largest absolute Gasteiger partial charge is 0.376 e. The van der Waals surface area contributed by atoms with Crippen LogP contribution < -0.4 is 5.32 Å². The summed E-state index contributed by atoms with van der Waals surface area (Å²) in [5.41, 5.74) is 5.23. The van der Waals surface area contributed by atoms with Crippen molar-refractivity contribution in [2.75, 3.05) is 25.0 Å². The Kier molecular flexibility index (Phi) is 8.78. The Morgan fingerprint density at radius 1 is 0.972 bits per heavy atom. The predicted molar refractivity (Wildman–Crippen MR) is 145 cm³/mol. The van der Waals surface area contributed by atoms with Gasteiger partial charge in [-0.1, -0.05) is 36.4 Å². The van der Waals surface area contributed by atoms with Crippen molar-refractivity contribution in [2.45, 2.75) is 52.8 Å². The number of ether oxygens (including phenoxy) is 1. The number of benzene rings is 2. The molecule has 1 saturated heterocycles. The molecule has 190 valence electrons. The molecule has 1 fully saturated rings. The Hall–Kier alpha value is -3.16. The highest BCUT2D eigenvalue weighted by atomic mass is 32.1. The zero-order chi connectivity index (χ0) is 25.5. The number of thiophene rings is 1. The maximum absolute atomic E-state index is 13.7. The van der Waals surface area contributed by atoms with E-state index in [1.54, 1.807) is 16.2 Å². The van der Waals surface area contributed by atoms with Crippen molar-refractivity contribution in [3.05, 3.63) is 87.1 Å². The topological polar surface area (TPSA) is 61.9 Å². The van der Waals surface area contributed by atoms with Gasteiger partial charge in [-0.2, -0.15) is 0 Å². The average molecular weight is 506 g/mol. The summed E-state index contributed by atoms with van der Waals surface area (Å²) in [6, 6.07) is 17.6. The number of urea groups is 1. The number of aryl methyl sites for hydroxylation is 3. The average Bonchev–Trinajstić information content (AvgIpc) is 3.53. The lowest BCUT2D eigenvalue weighted by atomic mass is 10.1. The van der Waals surface area contributed by atoms with Crippen LogP contribution in [0.2, 0.25) is 0 Å². The van der Waals surface area contributed by atoms with Gasteiger partial charge >= 0.3 is 6.03 Å². The van der Waals surface area contributed by atoms with E-state index in [0.717, 1.165) is 34.5 Å². The molecule has 0 spiro atoms. The van der Waals surface area contributed by atoms with Crippen molar-refractivity contribution in [3.63, 3.8) is 0 Å². The van der Waals surface area contributed by atoms with Gasteiger partial charge in [0.2, 0.25) is 5.91 Å². The minimum atomic E-state index is -0.283. The van der Waals surface area contributed by atoms with Crippen LogP contribution in [0.3, 0.4) is 0 Å². The van der Waals surface area contributed by atoms with E-state index in [2.05, 4.69) is 23.7 Å². The van der Waals surface area contributed by atoms with Crippen molar-refractivity contribution in [2.24, 2.45) is 0 Å². The molecule has 0 radical (unpaired) electrons. The molecule has 4 rings (SSSR count). The fourth-order valence-corrected chi connectivity index (χ4v) is 5.23. The fourth-order valence-electron chi connectivity index (χ4n) is 4.31. The summed E-state index contributed by atoms with van der Waals surface area (Å²) in [7, 11) is 0. The number of carbonyl (C=O) groups excluding carboxylic acids is 2. The number of nitrogens with one attached hydrogen (secondary N) is 1. The number of hydrogen-bond acceptors (Lipinski definition) is 4. The van der Waals surface area contributed by atoms with Crippen molar-refractivity contribution in [3.8, 4) is 0 Å². The van der Waals surface area contributed by atoms with E-state index >= 15 is 0 Å². The molecule has 3 amide bonds. The summed E-state index contributed by atoms with van der Waals surface area (Å²) in [5, 5.41) is 5.05. The molecule has 1 N–H and O–H groups in total. The zero-order valence-corrected chi connectivity index (χ0v) is 22.1. The van der Waals surface area contributed by atoms with Crippen LogP contribution in [0.15, 0.2) is 60.0 Å². The van der Waals surface area contributed by atoms with E-state index in [1.807, 2.05) is 67.3 Å². The number of amides is 3. The van der Waals surface area contributed by atoms with E-state index in [0.29, 0.717) is 26.2 Å². The Balaban J connectivity index is 1.52. The monoisotopic (exact) mass is 505 g/mol. The van der Waals surface area contributed by atoms with Crippen molar-refractivity contribution in [1.29, 1.82) is 0 Å². The number of nitrogens with zero attached hydrogens (tertiary/aromatic N) is 2. The van der Waals surface area contributed by atoms with Crippen LogP contribution in [-0.2, 0) is 22.6 Å². The van der Waals surface area contributed by atoms with Gasteiger partial charge in [0.25, 0.3) is 0 Å². The standard InChI is InChI=1S/C29H35N3O3S/c1-21-11-12-25(16-23(21)3)30-29(34)32(18-26-10-7-14-35-26)20-28(33)31(17-24-8-5-4-6-9-24)19-27-22(2)13-15-36-27/h4-6,8-9,11-13,15-16,26H,7,10,14,17-20H2,1-3H3,(H,30,34). The van der Waals surface area contributed by atoms with Crippen LogP contribution in [0.25, 0.3) is 0 Å². The molecule has 0 saturated carbocycles. The Bertz CT molecular complexity index is 1170. The van der Waals surface area contributed by atoms with Gasteiger partial charge in [0.05, 0.1) is 12.6 Å². The molecule has 3 aromatic rings. The van der Waals surface area contributed by atoms with Crippen molar-refractivity contribution in [1.82, 2.24) is 9.80 Å². The summed E-state index contributed by atoms with van der Waals surface area (Å²) in [4.78, 5) is 31.7. The van der Waals surface area contributed by atoms with E-state index in [1.165, 1.54) is 11.1 Å². The summed E-state index contributed by atoms with van der Waals surface area (Å²) in [6.45, 7) is 8.22. The molecule has 2 heterocycles. The highest BCUT2D eigenvalue weighted by Gasteiger charge is 2.27. The molecular formula is C29H35N3O3S. The SMILES string of the molecule is Cc1ccc(NC(=O)N(CC(=O)N(Cc2ccccc2)Cc2sccc2C)CC2CCCO2)cc1C. The summed E-state index contributed by atoms with van der Waals surface area (Å²) in [5.74, 6) is -0.0834. The third kappa shape index (κ3) is 6.95. The van der Waals surface area contributed by atoms with Gasteiger partial charge in [-0.15, -0.1) is 11.3 Å². The molecule has 1 aromatic heterocycles. The van der Waals surface area contributed by atoms with E-state index in [9.17, 15) is 9.59 Å². The number of carbonyl (C=O) groups is 2. The van der Waals surface area contributed by atoms with Gasteiger partial charge in [0.1, 0.15) is 6.54 Å². The van der Waals surface area contributed by atoms with Crippen LogP contribution in [-0.4, -0.2) is 47.5 Å². The number of anilines is 1. The fraction of sp³-hybridized carbons (Fsp3) is 0.379. The van der Waals surface area contributed by atoms with Crippen LogP contribution in [0.5, 0.6) is 0 Å². The third-order valence-electron chi connectivity index (χ3n) is 6.69. The van der Waals surface area contributed by atoms with Crippen LogP contribution >= 0.6 is 11.3 Å².